The van der Waals surface area contributed by atoms with E-state index in [2.05, 4.69) is 0 Å². The van der Waals surface area contributed by atoms with Gasteiger partial charge < -0.3 is 18.9 Å². The number of aldehydes is 2. The highest BCUT2D eigenvalue weighted by Gasteiger charge is 2.12. The molecule has 1 aliphatic heterocycles. The summed E-state index contributed by atoms with van der Waals surface area (Å²) >= 11 is 0. The lowest BCUT2D eigenvalue weighted by Gasteiger charge is -2.06. The van der Waals surface area contributed by atoms with Crippen LogP contribution in [0.1, 0.15) is 20.7 Å². The number of methoxy groups -OCH3 is 2. The van der Waals surface area contributed by atoms with Crippen LogP contribution in [0.15, 0.2) is 36.4 Å². The molecule has 0 aromatic heterocycles. The zero-order chi connectivity index (χ0) is 16.7. The van der Waals surface area contributed by atoms with Crippen LogP contribution in [0.4, 0.5) is 0 Å². The molecule has 0 amide bonds. The Morgan fingerprint density at radius 1 is 0.826 bits per heavy atom. The molecule has 0 fully saturated rings. The lowest BCUT2D eigenvalue weighted by Crippen LogP contribution is -1.92. The van der Waals surface area contributed by atoms with E-state index in [1.807, 2.05) is 0 Å². The molecule has 0 saturated carbocycles. The van der Waals surface area contributed by atoms with Gasteiger partial charge in [0, 0.05) is 11.1 Å². The Morgan fingerprint density at radius 3 is 2.09 bits per heavy atom. The fourth-order valence-corrected chi connectivity index (χ4v) is 1.91. The van der Waals surface area contributed by atoms with Gasteiger partial charge in [-0.1, -0.05) is 0 Å². The van der Waals surface area contributed by atoms with Crippen LogP contribution in [0.5, 0.6) is 23.0 Å². The van der Waals surface area contributed by atoms with Gasteiger partial charge in [-0.15, -0.1) is 0 Å². The Kier molecular flexibility index (Phi) is 5.57. The molecule has 23 heavy (non-hydrogen) atoms. The van der Waals surface area contributed by atoms with Crippen molar-refractivity contribution in [1.29, 1.82) is 0 Å². The van der Waals surface area contributed by atoms with Gasteiger partial charge in [-0.3, -0.25) is 9.59 Å². The molecule has 2 aromatic carbocycles. The molecule has 120 valence electrons. The third kappa shape index (κ3) is 4.00. The minimum absolute atomic E-state index is 0.248. The van der Waals surface area contributed by atoms with E-state index in [9.17, 15) is 9.59 Å². The Morgan fingerprint density at radius 2 is 1.43 bits per heavy atom. The fourth-order valence-electron chi connectivity index (χ4n) is 1.91. The molecule has 3 rings (SSSR count). The Balaban J connectivity index is 0.000000167. The molecule has 0 atom stereocenters. The number of fused-ring (bicyclic) bond motifs is 1. The lowest BCUT2D eigenvalue weighted by molar-refractivity contribution is 0.111. The molecule has 0 saturated heterocycles. The lowest BCUT2D eigenvalue weighted by atomic mass is 10.2. The van der Waals surface area contributed by atoms with Gasteiger partial charge in [0.25, 0.3) is 0 Å². The Labute approximate surface area is 133 Å². The van der Waals surface area contributed by atoms with E-state index >= 15 is 0 Å². The zero-order valence-corrected chi connectivity index (χ0v) is 12.8. The van der Waals surface area contributed by atoms with Crippen LogP contribution in [0.25, 0.3) is 0 Å². The SMILES string of the molecule is COc1ccc(C=O)cc1OC.O=Cc1ccc2c(c1)OCO2. The third-order valence-corrected chi connectivity index (χ3v) is 3.08. The normalized spacial score (nSPS) is 11.0. The van der Waals surface area contributed by atoms with Gasteiger partial charge in [0.15, 0.2) is 23.0 Å². The van der Waals surface area contributed by atoms with Gasteiger partial charge in [-0.25, -0.2) is 0 Å². The summed E-state index contributed by atoms with van der Waals surface area (Å²) in [6.07, 6.45) is 1.55. The minimum Gasteiger partial charge on any atom is -0.493 e. The maximum absolute atomic E-state index is 10.4. The summed E-state index contributed by atoms with van der Waals surface area (Å²) in [5.41, 5.74) is 1.18. The largest absolute Gasteiger partial charge is 0.493 e. The molecule has 0 spiro atoms. The fraction of sp³-hybridized carbons (Fsp3) is 0.176. The first kappa shape index (κ1) is 16.4. The molecule has 0 N–H and O–H groups in total. The van der Waals surface area contributed by atoms with Crippen molar-refractivity contribution >= 4 is 12.6 Å². The van der Waals surface area contributed by atoms with E-state index in [1.54, 1.807) is 43.5 Å². The van der Waals surface area contributed by atoms with Crippen LogP contribution in [-0.2, 0) is 0 Å². The molecule has 0 aliphatic carbocycles. The van der Waals surface area contributed by atoms with Crippen molar-refractivity contribution in [2.75, 3.05) is 21.0 Å². The summed E-state index contributed by atoms with van der Waals surface area (Å²) in [6, 6.07) is 10.1. The molecule has 1 aliphatic rings. The number of hydrogen-bond donors (Lipinski definition) is 0. The topological polar surface area (TPSA) is 71.1 Å². The highest BCUT2D eigenvalue weighted by atomic mass is 16.7. The van der Waals surface area contributed by atoms with Gasteiger partial charge in [0.2, 0.25) is 6.79 Å². The Bertz CT molecular complexity index is 695. The van der Waals surface area contributed by atoms with Gasteiger partial charge in [-0.05, 0) is 36.4 Å². The quantitative estimate of drug-likeness (QED) is 0.808. The van der Waals surface area contributed by atoms with E-state index in [4.69, 9.17) is 18.9 Å². The molecule has 0 radical (unpaired) electrons. The highest BCUT2D eigenvalue weighted by Crippen LogP contribution is 2.31. The van der Waals surface area contributed by atoms with Crippen molar-refractivity contribution in [2.45, 2.75) is 0 Å². The number of carbonyl (C=O) groups excluding carboxylic acids is 2. The van der Waals surface area contributed by atoms with E-state index in [1.165, 1.54) is 7.11 Å². The standard InChI is InChI=1S/C9H10O3.C8H6O3/c1-11-8-4-3-7(6-10)5-9(8)12-2;9-4-6-1-2-7-8(3-6)11-5-10-7/h3-6H,1-2H3;1-4H,5H2. The summed E-state index contributed by atoms with van der Waals surface area (Å²) < 4.78 is 20.1. The van der Waals surface area contributed by atoms with Crippen molar-refractivity contribution < 1.29 is 28.5 Å². The van der Waals surface area contributed by atoms with Crippen LogP contribution in [0, 0.1) is 0 Å². The minimum atomic E-state index is 0.248. The third-order valence-electron chi connectivity index (χ3n) is 3.08. The first-order valence-corrected chi connectivity index (χ1v) is 6.74. The van der Waals surface area contributed by atoms with Crippen molar-refractivity contribution in [3.8, 4) is 23.0 Å². The summed E-state index contributed by atoms with van der Waals surface area (Å²) in [4.78, 5) is 20.7. The highest BCUT2D eigenvalue weighted by molar-refractivity contribution is 5.77. The Hall–Kier alpha value is -3.02. The second-order valence-electron chi connectivity index (χ2n) is 4.46. The average molecular weight is 316 g/mol. The molecule has 6 heteroatoms. The number of hydrogen-bond acceptors (Lipinski definition) is 6. The maximum Gasteiger partial charge on any atom is 0.231 e. The van der Waals surface area contributed by atoms with Gasteiger partial charge in [0.1, 0.15) is 12.6 Å². The summed E-state index contributed by atoms with van der Waals surface area (Å²) in [5, 5.41) is 0. The molecule has 0 bridgehead atoms. The summed E-state index contributed by atoms with van der Waals surface area (Å²) in [7, 11) is 3.09. The summed E-state index contributed by atoms with van der Waals surface area (Å²) in [6.45, 7) is 0.248. The predicted octanol–water partition coefficient (Wildman–Crippen LogP) is 2.74. The van der Waals surface area contributed by atoms with E-state index in [0.717, 1.165) is 12.6 Å². The molecule has 2 aromatic rings. The van der Waals surface area contributed by atoms with E-state index in [0.29, 0.717) is 34.1 Å². The second-order valence-corrected chi connectivity index (χ2v) is 4.46. The smallest absolute Gasteiger partial charge is 0.231 e. The molecule has 0 unspecified atom stereocenters. The number of carbonyl (C=O) groups is 2. The van der Waals surface area contributed by atoms with Crippen LogP contribution in [0.3, 0.4) is 0 Å². The first-order chi connectivity index (χ1) is 11.2. The van der Waals surface area contributed by atoms with Gasteiger partial charge in [-0.2, -0.15) is 0 Å². The van der Waals surface area contributed by atoms with Crippen LogP contribution < -0.4 is 18.9 Å². The number of rotatable bonds is 4. The first-order valence-electron chi connectivity index (χ1n) is 6.74. The van der Waals surface area contributed by atoms with Crippen molar-refractivity contribution in [3.05, 3.63) is 47.5 Å². The summed E-state index contributed by atoms with van der Waals surface area (Å²) in [5.74, 6) is 2.55. The van der Waals surface area contributed by atoms with Crippen LogP contribution >= 0.6 is 0 Å². The van der Waals surface area contributed by atoms with Crippen molar-refractivity contribution in [3.63, 3.8) is 0 Å². The number of benzene rings is 2. The van der Waals surface area contributed by atoms with Crippen molar-refractivity contribution in [1.82, 2.24) is 0 Å². The second kappa shape index (κ2) is 7.84. The monoisotopic (exact) mass is 316 g/mol. The van der Waals surface area contributed by atoms with E-state index in [-0.39, 0.29) is 6.79 Å². The van der Waals surface area contributed by atoms with Crippen LogP contribution in [-0.4, -0.2) is 33.6 Å². The van der Waals surface area contributed by atoms with E-state index < -0.39 is 0 Å². The molecule has 6 nitrogen and oxygen atoms in total. The number of ether oxygens (including phenoxy) is 4. The molecule has 1 heterocycles. The van der Waals surface area contributed by atoms with Gasteiger partial charge in [0.05, 0.1) is 14.2 Å². The predicted molar refractivity (Wildman–Crippen MR) is 82.9 cm³/mol. The van der Waals surface area contributed by atoms with Gasteiger partial charge >= 0.3 is 0 Å². The molecular formula is C17H16O6. The molecular weight excluding hydrogens is 300 g/mol. The zero-order valence-electron chi connectivity index (χ0n) is 12.8. The maximum atomic E-state index is 10.4. The van der Waals surface area contributed by atoms with Crippen LogP contribution in [0.2, 0.25) is 0 Å². The van der Waals surface area contributed by atoms with Crippen molar-refractivity contribution in [2.24, 2.45) is 0 Å². The average Bonchev–Trinajstić information content (AvgIpc) is 3.09.